The highest BCUT2D eigenvalue weighted by Crippen LogP contribution is 2.29. The summed E-state index contributed by atoms with van der Waals surface area (Å²) < 4.78 is 0. The van der Waals surface area contributed by atoms with Gasteiger partial charge in [0.25, 0.3) is 0 Å². The van der Waals surface area contributed by atoms with Gasteiger partial charge in [0, 0.05) is 6.21 Å². The van der Waals surface area contributed by atoms with Crippen LogP contribution in [0.1, 0.15) is 48.0 Å². The van der Waals surface area contributed by atoms with Gasteiger partial charge in [-0.25, -0.2) is 0 Å². The molecule has 0 aromatic carbocycles. The Morgan fingerprint density at radius 3 is 2.07 bits per heavy atom. The van der Waals surface area contributed by atoms with Crippen molar-refractivity contribution in [3.05, 3.63) is 0 Å². The zero-order chi connectivity index (χ0) is 11.4. The maximum absolute atomic E-state index is 5.13. The predicted octanol–water partition coefficient (Wildman–Crippen LogP) is 2.61. The molecule has 2 N–H and O–H groups in total. The van der Waals surface area contributed by atoms with Crippen molar-refractivity contribution in [2.45, 2.75) is 53.5 Å². The molecule has 82 valence electrons. The molecular weight excluding hydrogens is 174 g/mol. The quantitative estimate of drug-likeness (QED) is 0.422. The summed E-state index contributed by atoms with van der Waals surface area (Å²) in [5, 5.41) is 3.56. The van der Waals surface area contributed by atoms with E-state index in [9.17, 15) is 0 Å². The highest BCUT2D eigenvalue weighted by atomic mass is 15.1. The zero-order valence-electron chi connectivity index (χ0n) is 10.3. The second kappa shape index (κ2) is 4.58. The zero-order valence-corrected chi connectivity index (χ0v) is 10.3. The molecule has 0 fully saturated rings. The van der Waals surface area contributed by atoms with Gasteiger partial charge in [-0.05, 0) is 32.6 Å². The van der Waals surface area contributed by atoms with Crippen molar-refractivity contribution < 1.29 is 0 Å². The summed E-state index contributed by atoms with van der Waals surface area (Å²) in [6.45, 7) is 12.7. The van der Waals surface area contributed by atoms with Gasteiger partial charge in [-0.15, -0.1) is 0 Å². The average Bonchev–Trinajstić information content (AvgIpc) is 1.96. The molecule has 0 bridgehead atoms. The van der Waals surface area contributed by atoms with Gasteiger partial charge in [-0.2, -0.15) is 5.10 Å². The van der Waals surface area contributed by atoms with E-state index in [0.717, 1.165) is 12.1 Å². The Hall–Kier alpha value is -0.860. The van der Waals surface area contributed by atoms with E-state index < -0.39 is 0 Å². The second-order valence-corrected chi connectivity index (χ2v) is 5.58. The second-order valence-electron chi connectivity index (χ2n) is 5.58. The van der Waals surface area contributed by atoms with E-state index in [1.54, 1.807) is 6.21 Å². The molecule has 0 saturated heterocycles. The Balaban J connectivity index is 4.42. The third kappa shape index (κ3) is 6.63. The summed E-state index contributed by atoms with van der Waals surface area (Å²) in [6, 6.07) is 0. The first-order valence-electron chi connectivity index (χ1n) is 4.96. The first kappa shape index (κ1) is 13.1. The standard InChI is InChI=1S/C11H23N3/c1-9(14-12)7-13-11(5,6)8-10(2,3)4/h7H,8,12H2,1-6H3. The van der Waals surface area contributed by atoms with E-state index in [-0.39, 0.29) is 11.0 Å². The fraction of sp³-hybridized carbons (Fsp3) is 0.818. The van der Waals surface area contributed by atoms with Gasteiger partial charge in [-0.1, -0.05) is 20.8 Å². The fourth-order valence-electron chi connectivity index (χ4n) is 1.64. The summed E-state index contributed by atoms with van der Waals surface area (Å²) in [5.41, 5.74) is 0.991. The van der Waals surface area contributed by atoms with Crippen LogP contribution < -0.4 is 5.84 Å². The smallest absolute Gasteiger partial charge is 0.0747 e. The molecule has 0 amide bonds. The van der Waals surface area contributed by atoms with E-state index in [1.807, 2.05) is 6.92 Å². The highest BCUT2D eigenvalue weighted by Gasteiger charge is 2.23. The molecule has 0 saturated carbocycles. The number of hydrogen-bond acceptors (Lipinski definition) is 3. The van der Waals surface area contributed by atoms with Gasteiger partial charge in [0.2, 0.25) is 0 Å². The Bertz CT molecular complexity index is 231. The molecule has 0 aromatic heterocycles. The number of hydrazone groups is 1. The first-order chi connectivity index (χ1) is 6.16. The normalized spacial score (nSPS) is 15.1. The Labute approximate surface area is 87.5 Å². The average molecular weight is 197 g/mol. The van der Waals surface area contributed by atoms with E-state index in [2.05, 4.69) is 44.7 Å². The predicted molar refractivity (Wildman–Crippen MR) is 63.9 cm³/mol. The highest BCUT2D eigenvalue weighted by molar-refractivity contribution is 6.29. The molecule has 0 radical (unpaired) electrons. The summed E-state index contributed by atoms with van der Waals surface area (Å²) in [6.07, 6.45) is 2.78. The molecule has 0 aliphatic rings. The van der Waals surface area contributed by atoms with Crippen molar-refractivity contribution in [3.8, 4) is 0 Å². The van der Waals surface area contributed by atoms with Crippen molar-refractivity contribution in [2.75, 3.05) is 0 Å². The summed E-state index contributed by atoms with van der Waals surface area (Å²) >= 11 is 0. The molecule has 0 rings (SSSR count). The van der Waals surface area contributed by atoms with Crippen LogP contribution in [0.5, 0.6) is 0 Å². The van der Waals surface area contributed by atoms with Crippen LogP contribution >= 0.6 is 0 Å². The fourth-order valence-corrected chi connectivity index (χ4v) is 1.64. The number of aliphatic imine (C=N–C) groups is 1. The lowest BCUT2D eigenvalue weighted by atomic mass is 9.82. The van der Waals surface area contributed by atoms with Crippen LogP contribution in [0.4, 0.5) is 0 Å². The van der Waals surface area contributed by atoms with Crippen LogP contribution in [0, 0.1) is 5.41 Å². The minimum absolute atomic E-state index is 0.0514. The Morgan fingerprint density at radius 1 is 1.21 bits per heavy atom. The molecule has 0 spiro atoms. The third-order valence-corrected chi connectivity index (χ3v) is 1.77. The van der Waals surface area contributed by atoms with Crippen LogP contribution in [0.25, 0.3) is 0 Å². The summed E-state index contributed by atoms with van der Waals surface area (Å²) in [7, 11) is 0. The van der Waals surface area contributed by atoms with Crippen LogP contribution in [0.3, 0.4) is 0 Å². The third-order valence-electron chi connectivity index (χ3n) is 1.77. The van der Waals surface area contributed by atoms with Gasteiger partial charge >= 0.3 is 0 Å². The van der Waals surface area contributed by atoms with E-state index in [1.165, 1.54) is 0 Å². The summed E-state index contributed by atoms with van der Waals surface area (Å²) in [5.74, 6) is 5.13. The van der Waals surface area contributed by atoms with Gasteiger partial charge < -0.3 is 5.84 Å². The van der Waals surface area contributed by atoms with Gasteiger partial charge in [0.15, 0.2) is 0 Å². The SMILES string of the molecule is CC(C=NC(C)(C)CC(C)(C)C)=NN. The largest absolute Gasteiger partial charge is 0.323 e. The molecule has 0 unspecified atom stereocenters. The molecule has 3 heteroatoms. The molecule has 0 aliphatic heterocycles. The van der Waals surface area contributed by atoms with E-state index >= 15 is 0 Å². The van der Waals surface area contributed by atoms with Crippen molar-refractivity contribution >= 4 is 11.9 Å². The molecule has 3 nitrogen and oxygen atoms in total. The first-order valence-corrected chi connectivity index (χ1v) is 4.96. The van der Waals surface area contributed by atoms with Crippen LogP contribution in [-0.4, -0.2) is 17.5 Å². The molecule has 0 aliphatic carbocycles. The lowest BCUT2D eigenvalue weighted by molar-refractivity contribution is 0.289. The van der Waals surface area contributed by atoms with Gasteiger partial charge in [0.05, 0.1) is 11.3 Å². The maximum atomic E-state index is 5.13. The van der Waals surface area contributed by atoms with E-state index in [0.29, 0.717) is 0 Å². The number of rotatable bonds is 3. The van der Waals surface area contributed by atoms with Crippen molar-refractivity contribution in [1.82, 2.24) is 0 Å². The minimum atomic E-state index is -0.0514. The lowest BCUT2D eigenvalue weighted by Gasteiger charge is -2.28. The van der Waals surface area contributed by atoms with Crippen LogP contribution in [0.2, 0.25) is 0 Å². The molecule has 0 aromatic rings. The summed E-state index contributed by atoms with van der Waals surface area (Å²) in [4.78, 5) is 4.48. The molecule has 0 atom stereocenters. The number of nitrogens with zero attached hydrogens (tertiary/aromatic N) is 2. The lowest BCUT2D eigenvalue weighted by Crippen LogP contribution is -2.25. The Kier molecular flexibility index (Phi) is 4.30. The molecule has 0 heterocycles. The van der Waals surface area contributed by atoms with E-state index in [4.69, 9.17) is 5.84 Å². The van der Waals surface area contributed by atoms with Crippen LogP contribution in [-0.2, 0) is 0 Å². The van der Waals surface area contributed by atoms with Gasteiger partial charge in [-0.3, -0.25) is 4.99 Å². The molecular formula is C11H23N3. The molecule has 14 heavy (non-hydrogen) atoms. The van der Waals surface area contributed by atoms with Gasteiger partial charge in [0.1, 0.15) is 0 Å². The van der Waals surface area contributed by atoms with Crippen molar-refractivity contribution in [2.24, 2.45) is 21.4 Å². The number of hydrogen-bond donors (Lipinski definition) is 1. The maximum Gasteiger partial charge on any atom is 0.0747 e. The van der Waals surface area contributed by atoms with Crippen molar-refractivity contribution in [3.63, 3.8) is 0 Å². The number of nitrogens with two attached hydrogens (primary N) is 1. The van der Waals surface area contributed by atoms with Crippen LogP contribution in [0.15, 0.2) is 10.1 Å². The topological polar surface area (TPSA) is 50.7 Å². The monoisotopic (exact) mass is 197 g/mol. The Morgan fingerprint density at radius 2 is 1.71 bits per heavy atom. The van der Waals surface area contributed by atoms with Crippen molar-refractivity contribution in [1.29, 1.82) is 0 Å². The minimum Gasteiger partial charge on any atom is -0.323 e.